The first-order chi connectivity index (χ1) is 33.1. The van der Waals surface area contributed by atoms with E-state index in [-0.39, 0.29) is 26.3 Å². The van der Waals surface area contributed by atoms with Crippen molar-refractivity contribution in [1.29, 1.82) is 0 Å². The van der Waals surface area contributed by atoms with Crippen LogP contribution in [0.2, 0.25) is 0 Å². The molecule has 7 rings (SSSR count). The van der Waals surface area contributed by atoms with Crippen molar-refractivity contribution in [3.63, 3.8) is 0 Å². The third-order valence-electron chi connectivity index (χ3n) is 10.9. The van der Waals surface area contributed by atoms with Gasteiger partial charge in [0, 0.05) is 13.2 Å². The number of nitrogens with zero attached hydrogens (tertiary/aromatic N) is 6. The summed E-state index contributed by atoms with van der Waals surface area (Å²) in [6, 6.07) is 41.2. The van der Waals surface area contributed by atoms with Crippen LogP contribution in [0.5, 0.6) is 0 Å². The minimum atomic E-state index is 0.194. The summed E-state index contributed by atoms with van der Waals surface area (Å²) in [5.41, 5.74) is 18.3. The average molecular weight is 1090 g/mol. The molecule has 0 saturated carbocycles. The molecule has 1 saturated heterocycles. The Morgan fingerprint density at radius 2 is 0.710 bits per heavy atom. The zero-order chi connectivity index (χ0) is 50.9. The van der Waals surface area contributed by atoms with Crippen LogP contribution in [0.25, 0.3) is 0 Å². The Bertz CT molecular complexity index is 2440. The number of halogens is 4. The number of aryl methyl sites for hydroxylation is 4. The maximum atomic E-state index is 4.94. The molecule has 7 nitrogen and oxygen atoms in total. The van der Waals surface area contributed by atoms with E-state index in [1.54, 1.807) is 0 Å². The molecule has 1 fully saturated rings. The van der Waals surface area contributed by atoms with Crippen molar-refractivity contribution in [3.05, 3.63) is 177 Å². The van der Waals surface area contributed by atoms with E-state index < -0.39 is 0 Å². The Labute approximate surface area is 442 Å². The van der Waals surface area contributed by atoms with Gasteiger partial charge in [0.25, 0.3) is 0 Å². The van der Waals surface area contributed by atoms with Gasteiger partial charge < -0.3 is 4.74 Å². The first-order valence-electron chi connectivity index (χ1n) is 22.8. The van der Waals surface area contributed by atoms with Crippen molar-refractivity contribution in [2.24, 2.45) is 20.0 Å². The van der Waals surface area contributed by atoms with Crippen molar-refractivity contribution < 1.29 is 31.0 Å². The molecule has 370 valence electrons. The van der Waals surface area contributed by atoms with Gasteiger partial charge in [0.15, 0.2) is 0 Å². The van der Waals surface area contributed by atoms with E-state index in [1.165, 1.54) is 46.2 Å². The van der Waals surface area contributed by atoms with Crippen molar-refractivity contribution in [1.82, 2.24) is 9.97 Å². The van der Waals surface area contributed by atoms with E-state index >= 15 is 0 Å². The third kappa shape index (κ3) is 20.0. The number of ether oxygens (including phenoxy) is 1. The van der Waals surface area contributed by atoms with E-state index in [9.17, 15) is 0 Å². The fourth-order valence-corrected chi connectivity index (χ4v) is 7.23. The van der Waals surface area contributed by atoms with Crippen molar-refractivity contribution >= 4 is 86.0 Å². The van der Waals surface area contributed by atoms with Crippen LogP contribution in [0.1, 0.15) is 136 Å². The Kier molecular flexibility index (Phi) is 27.6. The number of aliphatic imine (C=N–C) groups is 4. The van der Waals surface area contributed by atoms with Crippen LogP contribution in [0.4, 0.5) is 22.7 Å². The van der Waals surface area contributed by atoms with E-state index in [2.05, 4.69) is 128 Å². The standard InChI is InChI=1S/2C26H29N3.C4H8O.4ClH.2Fe/c2*1-17(2)22-13-7-8-14-25(22)27-20(5)23-15-10-16-24(29-23)21(6)28-26-18(3)11-9-12-19(26)4;1-2-4-5-3-1;;;;;;/h2*7-17H,1-6H3;1-4H2;4*1H;;/q;;;;;;;2*+2/p-4. The first kappa shape index (κ1) is 59.3. The molecular formula is C56H66Cl4Fe2N6O. The van der Waals surface area contributed by atoms with Gasteiger partial charge in [-0.05, 0) is 150 Å². The summed E-state index contributed by atoms with van der Waals surface area (Å²) in [6.45, 7) is 27.2. The molecule has 2 aromatic heterocycles. The topological polar surface area (TPSA) is 84.5 Å². The van der Waals surface area contributed by atoms with Gasteiger partial charge in [0.05, 0.1) is 68.4 Å². The molecule has 1 aliphatic heterocycles. The molecule has 6 aromatic rings. The Balaban J connectivity index is 0.000000300. The Morgan fingerprint density at radius 1 is 0.435 bits per heavy atom. The second-order valence-electron chi connectivity index (χ2n) is 16.9. The van der Waals surface area contributed by atoms with Crippen LogP contribution < -0.4 is 0 Å². The summed E-state index contributed by atoms with van der Waals surface area (Å²) < 4.78 is 4.94. The fraction of sp³-hybridized carbons (Fsp3) is 0.321. The maximum absolute atomic E-state index is 4.94. The van der Waals surface area contributed by atoms with Gasteiger partial charge in [-0.15, -0.1) is 0 Å². The molecule has 3 heterocycles. The number of rotatable bonds is 10. The fourth-order valence-electron chi connectivity index (χ4n) is 7.23. The van der Waals surface area contributed by atoms with Crippen molar-refractivity contribution in [2.75, 3.05) is 13.2 Å². The van der Waals surface area contributed by atoms with Crippen molar-refractivity contribution in [2.45, 2.75) is 108 Å². The molecule has 0 spiro atoms. The summed E-state index contributed by atoms with van der Waals surface area (Å²) in [5.74, 6) is 0.850. The normalized spacial score (nSPS) is 12.9. The predicted molar refractivity (Wildman–Crippen MR) is 292 cm³/mol. The molecule has 69 heavy (non-hydrogen) atoms. The first-order valence-corrected chi connectivity index (χ1v) is 28.9. The molecule has 1 aliphatic rings. The molecule has 0 N–H and O–H groups in total. The van der Waals surface area contributed by atoms with Gasteiger partial charge in [0.2, 0.25) is 0 Å². The third-order valence-corrected chi connectivity index (χ3v) is 10.9. The van der Waals surface area contributed by atoms with Crippen LogP contribution in [0.15, 0.2) is 141 Å². The zero-order valence-corrected chi connectivity index (χ0v) is 47.1. The number of para-hydroxylation sites is 4. The van der Waals surface area contributed by atoms with Crippen LogP contribution >= 0.6 is 40.4 Å². The van der Waals surface area contributed by atoms with Gasteiger partial charge in [-0.2, -0.15) is 0 Å². The van der Waals surface area contributed by atoms with Crippen LogP contribution in [0, 0.1) is 27.7 Å². The summed E-state index contributed by atoms with van der Waals surface area (Å²) in [7, 11) is 19.1. The number of benzene rings is 4. The molecule has 13 heteroatoms. The second-order valence-corrected chi connectivity index (χ2v) is 20.6. The quantitative estimate of drug-likeness (QED) is 0.101. The van der Waals surface area contributed by atoms with Crippen LogP contribution in [-0.2, 0) is 31.0 Å². The number of hydrogen-bond donors (Lipinski definition) is 0. The van der Waals surface area contributed by atoms with E-state index in [1.807, 2.05) is 76.2 Å². The molecule has 4 aromatic carbocycles. The molecule has 0 radical (unpaired) electrons. The molecule has 0 unspecified atom stereocenters. The monoisotopic (exact) mass is 1090 g/mol. The zero-order valence-electron chi connectivity index (χ0n) is 41.8. The Hall–Kier alpha value is -3.98. The SMILES string of the molecule is C1CCOC1.CC(=Nc1ccccc1C(C)C)c1cccc(C(C)=Nc2c(C)cccc2C)n1.CC(=Nc1ccccc1C(C)C)c1cccc(C(C)=Nc2c(C)cccc2C)n1.[Cl][Fe][Cl].[Cl][Fe][Cl]. The van der Waals surface area contributed by atoms with Gasteiger partial charge in [-0.1, -0.05) is 113 Å². The Morgan fingerprint density at radius 3 is 0.986 bits per heavy atom. The summed E-state index contributed by atoms with van der Waals surface area (Å²) >= 11 is 0.389. The van der Waals surface area contributed by atoms with Gasteiger partial charge in [-0.25, -0.2) is 9.97 Å². The van der Waals surface area contributed by atoms with Crippen molar-refractivity contribution in [3.8, 4) is 0 Å². The van der Waals surface area contributed by atoms with E-state index in [0.29, 0.717) is 11.8 Å². The van der Waals surface area contributed by atoms with Gasteiger partial charge in [-0.3, -0.25) is 20.0 Å². The van der Waals surface area contributed by atoms with Gasteiger partial charge in [0.1, 0.15) is 0 Å². The van der Waals surface area contributed by atoms with E-state index in [0.717, 1.165) is 81.6 Å². The van der Waals surface area contributed by atoms with Crippen LogP contribution in [0.3, 0.4) is 0 Å². The molecule has 0 aliphatic carbocycles. The molecule has 0 atom stereocenters. The predicted octanol–water partition coefficient (Wildman–Crippen LogP) is 17.8. The number of aromatic nitrogens is 2. The average Bonchev–Trinajstić information content (AvgIpc) is 3.93. The summed E-state index contributed by atoms with van der Waals surface area (Å²) in [6.07, 6.45) is 2.56. The van der Waals surface area contributed by atoms with E-state index in [4.69, 9.17) is 75.1 Å². The summed E-state index contributed by atoms with van der Waals surface area (Å²) in [5, 5.41) is 0. The summed E-state index contributed by atoms with van der Waals surface area (Å²) in [4.78, 5) is 29.2. The number of hydrogen-bond acceptors (Lipinski definition) is 7. The molecule has 0 amide bonds. The molecular weight excluding hydrogens is 1030 g/mol. The second kappa shape index (κ2) is 32.1. The molecule has 0 bridgehead atoms. The minimum absolute atomic E-state index is 0.194. The van der Waals surface area contributed by atoms with Crippen LogP contribution in [-0.4, -0.2) is 46.0 Å². The van der Waals surface area contributed by atoms with Gasteiger partial charge >= 0.3 is 66.7 Å². The number of pyridine rings is 2.